The van der Waals surface area contributed by atoms with Crippen LogP contribution in [0.3, 0.4) is 0 Å². The Kier molecular flexibility index (Phi) is 14.3. The Morgan fingerprint density at radius 1 is 0.889 bits per heavy atom. The van der Waals surface area contributed by atoms with Crippen molar-refractivity contribution in [1.29, 1.82) is 0 Å². The average Bonchev–Trinajstić information content (AvgIpc) is 2.71. The van der Waals surface area contributed by atoms with Crippen LogP contribution in [0.15, 0.2) is 9.85 Å². The van der Waals surface area contributed by atoms with E-state index in [1.165, 1.54) is 90.4 Å². The van der Waals surface area contributed by atoms with Gasteiger partial charge in [-0.15, -0.1) is 0 Å². The van der Waals surface area contributed by atoms with Crippen molar-refractivity contribution >= 4 is 18.4 Å². The third-order valence-corrected chi connectivity index (χ3v) is 21.9. The van der Waals surface area contributed by atoms with Crippen molar-refractivity contribution in [2.45, 2.75) is 125 Å². The molecule has 1 atom stereocenters. The molecule has 0 aromatic rings. The summed E-state index contributed by atoms with van der Waals surface area (Å²) in [6.45, 7) is 12.9. The zero-order valence-corrected chi connectivity index (χ0v) is 22.3. The molecule has 0 aliphatic heterocycles. The molecular formula is C25H50OSn. The van der Waals surface area contributed by atoms with Gasteiger partial charge in [-0.05, 0) is 0 Å². The molecule has 1 fully saturated rings. The molecule has 0 heterocycles. The third kappa shape index (κ3) is 9.59. The monoisotopic (exact) mass is 486 g/mol. The van der Waals surface area contributed by atoms with Gasteiger partial charge in [0.25, 0.3) is 0 Å². The molecule has 0 bridgehead atoms. The van der Waals surface area contributed by atoms with Gasteiger partial charge in [0.2, 0.25) is 0 Å². The van der Waals surface area contributed by atoms with Crippen LogP contribution in [0.1, 0.15) is 112 Å². The van der Waals surface area contributed by atoms with Gasteiger partial charge in [-0.3, -0.25) is 0 Å². The number of allylic oxidation sites excluding steroid dienone is 1. The predicted molar refractivity (Wildman–Crippen MR) is 125 cm³/mol. The van der Waals surface area contributed by atoms with Crippen LogP contribution in [-0.2, 0) is 4.74 Å². The summed E-state index contributed by atoms with van der Waals surface area (Å²) in [7, 11) is 0. The van der Waals surface area contributed by atoms with Gasteiger partial charge in [0, 0.05) is 0 Å². The fourth-order valence-corrected chi connectivity index (χ4v) is 20.6. The van der Waals surface area contributed by atoms with E-state index >= 15 is 0 Å². The van der Waals surface area contributed by atoms with Crippen molar-refractivity contribution < 1.29 is 4.74 Å². The molecule has 1 unspecified atom stereocenters. The molecule has 2 heteroatoms. The second-order valence-corrected chi connectivity index (χ2v) is 22.3. The van der Waals surface area contributed by atoms with Crippen LogP contribution < -0.4 is 0 Å². The molecule has 0 radical (unpaired) electrons. The maximum absolute atomic E-state index is 6.87. The van der Waals surface area contributed by atoms with Crippen LogP contribution in [0.5, 0.6) is 0 Å². The maximum atomic E-state index is 6.87. The molecule has 0 amide bonds. The first-order chi connectivity index (χ1) is 13.1. The Balaban J connectivity index is 3.04. The summed E-state index contributed by atoms with van der Waals surface area (Å²) in [6.07, 6.45) is 19.3. The van der Waals surface area contributed by atoms with E-state index in [0.29, 0.717) is 5.92 Å². The number of rotatable bonds is 15. The van der Waals surface area contributed by atoms with E-state index in [2.05, 4.69) is 40.7 Å². The van der Waals surface area contributed by atoms with Crippen LogP contribution >= 0.6 is 0 Å². The SMILES string of the molecule is CCC[CH2][Sn]([CH2]CCC)([CH2]CCC)/[C](=C/C(C)CC)OCC1CCCCC1. The molecule has 1 aliphatic carbocycles. The van der Waals surface area contributed by atoms with E-state index in [0.717, 1.165) is 12.5 Å². The summed E-state index contributed by atoms with van der Waals surface area (Å²) in [4.78, 5) is 0. The van der Waals surface area contributed by atoms with Crippen molar-refractivity contribution in [2.75, 3.05) is 6.61 Å². The van der Waals surface area contributed by atoms with E-state index < -0.39 is 18.4 Å². The molecular weight excluding hydrogens is 435 g/mol. The van der Waals surface area contributed by atoms with Crippen LogP contribution in [-0.4, -0.2) is 25.0 Å². The molecule has 0 N–H and O–H groups in total. The van der Waals surface area contributed by atoms with Crippen LogP contribution in [0.2, 0.25) is 13.3 Å². The summed E-state index contributed by atoms with van der Waals surface area (Å²) in [5.41, 5.74) is 0. The summed E-state index contributed by atoms with van der Waals surface area (Å²) in [5.74, 6) is 1.50. The molecule has 0 saturated heterocycles. The summed E-state index contributed by atoms with van der Waals surface area (Å²) in [6, 6.07) is 0. The number of hydrogen-bond acceptors (Lipinski definition) is 1. The first-order valence-corrected chi connectivity index (χ1v) is 19.9. The summed E-state index contributed by atoms with van der Waals surface area (Å²) in [5, 5.41) is 0. The van der Waals surface area contributed by atoms with Gasteiger partial charge in [-0.2, -0.15) is 0 Å². The Hall–Kier alpha value is 0.339. The Labute approximate surface area is 176 Å². The van der Waals surface area contributed by atoms with Gasteiger partial charge in [0.1, 0.15) is 0 Å². The van der Waals surface area contributed by atoms with E-state index in [1.807, 2.05) is 0 Å². The zero-order chi connectivity index (χ0) is 20.0. The second kappa shape index (κ2) is 15.2. The normalized spacial score (nSPS) is 17.9. The molecule has 1 aliphatic rings. The molecule has 27 heavy (non-hydrogen) atoms. The Bertz CT molecular complexity index is 362. The van der Waals surface area contributed by atoms with Gasteiger partial charge in [-0.25, -0.2) is 0 Å². The topological polar surface area (TPSA) is 9.23 Å². The van der Waals surface area contributed by atoms with Gasteiger partial charge in [0.15, 0.2) is 0 Å². The summed E-state index contributed by atoms with van der Waals surface area (Å²) < 4.78 is 13.0. The van der Waals surface area contributed by atoms with Crippen LogP contribution in [0, 0.1) is 11.8 Å². The Morgan fingerprint density at radius 3 is 1.85 bits per heavy atom. The van der Waals surface area contributed by atoms with Gasteiger partial charge in [0.05, 0.1) is 0 Å². The van der Waals surface area contributed by atoms with Crippen LogP contribution in [0.25, 0.3) is 0 Å². The van der Waals surface area contributed by atoms with Crippen molar-refractivity contribution in [3.05, 3.63) is 9.85 Å². The molecule has 1 saturated carbocycles. The summed E-state index contributed by atoms with van der Waals surface area (Å²) >= 11 is -2.44. The molecule has 0 spiro atoms. The van der Waals surface area contributed by atoms with Crippen molar-refractivity contribution in [3.63, 3.8) is 0 Å². The van der Waals surface area contributed by atoms with E-state index in [4.69, 9.17) is 4.74 Å². The zero-order valence-electron chi connectivity index (χ0n) is 19.5. The first-order valence-electron chi connectivity index (χ1n) is 12.5. The molecule has 0 aromatic heterocycles. The minimum atomic E-state index is -2.44. The van der Waals surface area contributed by atoms with Gasteiger partial charge < -0.3 is 0 Å². The van der Waals surface area contributed by atoms with Crippen molar-refractivity contribution in [1.82, 2.24) is 0 Å². The van der Waals surface area contributed by atoms with Crippen molar-refractivity contribution in [2.24, 2.45) is 11.8 Å². The second-order valence-electron chi connectivity index (χ2n) is 9.32. The average molecular weight is 485 g/mol. The fraction of sp³-hybridized carbons (Fsp3) is 0.920. The first kappa shape index (κ1) is 25.4. The van der Waals surface area contributed by atoms with Gasteiger partial charge in [-0.1, -0.05) is 0 Å². The van der Waals surface area contributed by atoms with E-state index in [9.17, 15) is 0 Å². The fourth-order valence-electron chi connectivity index (χ4n) is 4.61. The van der Waals surface area contributed by atoms with E-state index in [1.54, 1.807) is 3.78 Å². The molecule has 160 valence electrons. The Morgan fingerprint density at radius 2 is 1.41 bits per heavy atom. The van der Waals surface area contributed by atoms with Gasteiger partial charge >= 0.3 is 176 Å². The number of hydrogen-bond donors (Lipinski definition) is 0. The number of ether oxygens (including phenoxy) is 1. The van der Waals surface area contributed by atoms with Crippen molar-refractivity contribution in [3.8, 4) is 0 Å². The standard InChI is InChI=1S/C13H23O.3C4H9.Sn/c1-3-12(2)9-10-14-11-13-7-5-4-6-8-13;3*1-3-4-2;/h9,12-13H,3-8,11H2,1-2H3;3*1,3-4H2,2H3;. The third-order valence-electron chi connectivity index (χ3n) is 6.83. The van der Waals surface area contributed by atoms with E-state index in [-0.39, 0.29) is 0 Å². The molecule has 1 nitrogen and oxygen atoms in total. The molecule has 0 aromatic carbocycles. The van der Waals surface area contributed by atoms with Crippen LogP contribution in [0.4, 0.5) is 0 Å². The quantitative estimate of drug-likeness (QED) is 0.166. The number of unbranched alkanes of at least 4 members (excludes halogenated alkanes) is 3. The molecule has 1 rings (SSSR count). The minimum absolute atomic E-state index is 0.673. The predicted octanol–water partition coefficient (Wildman–Crippen LogP) is 8.90.